The van der Waals surface area contributed by atoms with Crippen molar-refractivity contribution in [1.29, 1.82) is 0 Å². The van der Waals surface area contributed by atoms with Gasteiger partial charge in [-0.3, -0.25) is 4.79 Å². The third-order valence-electron chi connectivity index (χ3n) is 3.12. The van der Waals surface area contributed by atoms with Crippen LogP contribution in [0.25, 0.3) is 0 Å². The Hall–Kier alpha value is -2.17. The van der Waals surface area contributed by atoms with Crippen molar-refractivity contribution in [3.8, 4) is 0 Å². The highest BCUT2D eigenvalue weighted by Crippen LogP contribution is 2.15. The fourth-order valence-electron chi connectivity index (χ4n) is 1.84. The number of anilines is 1. The van der Waals surface area contributed by atoms with Crippen LogP contribution in [-0.2, 0) is 11.4 Å². The van der Waals surface area contributed by atoms with Crippen molar-refractivity contribution >= 4 is 11.6 Å². The molecular formula is C16H18N2O2. The van der Waals surface area contributed by atoms with E-state index >= 15 is 0 Å². The Balaban J connectivity index is 2.05. The summed E-state index contributed by atoms with van der Waals surface area (Å²) in [6.45, 7) is 1.97. The lowest BCUT2D eigenvalue weighted by Gasteiger charge is -2.13. The monoisotopic (exact) mass is 270 g/mol. The van der Waals surface area contributed by atoms with E-state index in [1.54, 1.807) is 24.3 Å². The highest BCUT2D eigenvalue weighted by atomic mass is 16.3. The SMILES string of the molecule is Cc1ccc(C(N)C(=O)Nc2ccc(CO)cc2)cc1. The number of hydrogen-bond donors (Lipinski definition) is 3. The number of hydrogen-bond acceptors (Lipinski definition) is 3. The molecule has 0 heterocycles. The molecule has 4 nitrogen and oxygen atoms in total. The number of nitrogens with two attached hydrogens (primary N) is 1. The Morgan fingerprint density at radius 2 is 1.75 bits per heavy atom. The molecule has 4 heteroatoms. The summed E-state index contributed by atoms with van der Waals surface area (Å²) in [4.78, 5) is 12.1. The molecule has 0 aromatic heterocycles. The summed E-state index contributed by atoms with van der Waals surface area (Å²) >= 11 is 0. The summed E-state index contributed by atoms with van der Waals surface area (Å²) in [7, 11) is 0. The molecule has 1 atom stereocenters. The van der Waals surface area contributed by atoms with E-state index in [-0.39, 0.29) is 12.5 Å². The molecule has 0 aliphatic heterocycles. The lowest BCUT2D eigenvalue weighted by atomic mass is 10.1. The van der Waals surface area contributed by atoms with Gasteiger partial charge in [-0.15, -0.1) is 0 Å². The maximum Gasteiger partial charge on any atom is 0.245 e. The van der Waals surface area contributed by atoms with Crippen LogP contribution >= 0.6 is 0 Å². The van der Waals surface area contributed by atoms with Gasteiger partial charge in [-0.1, -0.05) is 42.0 Å². The van der Waals surface area contributed by atoms with E-state index in [1.807, 2.05) is 31.2 Å². The molecule has 104 valence electrons. The normalized spacial score (nSPS) is 11.9. The number of carbonyl (C=O) groups excluding carboxylic acids is 1. The van der Waals surface area contributed by atoms with Gasteiger partial charge >= 0.3 is 0 Å². The minimum Gasteiger partial charge on any atom is -0.392 e. The van der Waals surface area contributed by atoms with Crippen molar-refractivity contribution in [2.75, 3.05) is 5.32 Å². The molecule has 2 rings (SSSR count). The summed E-state index contributed by atoms with van der Waals surface area (Å²) in [5.74, 6) is -0.259. The van der Waals surface area contributed by atoms with Crippen molar-refractivity contribution < 1.29 is 9.90 Å². The van der Waals surface area contributed by atoms with Crippen LogP contribution in [0, 0.1) is 6.92 Å². The molecule has 1 amide bonds. The highest BCUT2D eigenvalue weighted by Gasteiger charge is 2.15. The maximum atomic E-state index is 12.1. The summed E-state index contributed by atoms with van der Waals surface area (Å²) < 4.78 is 0. The van der Waals surface area contributed by atoms with Crippen molar-refractivity contribution in [3.63, 3.8) is 0 Å². The Morgan fingerprint density at radius 3 is 2.30 bits per heavy atom. The van der Waals surface area contributed by atoms with Crippen molar-refractivity contribution in [3.05, 3.63) is 65.2 Å². The average Bonchev–Trinajstić information content (AvgIpc) is 2.48. The summed E-state index contributed by atoms with van der Waals surface area (Å²) in [6, 6.07) is 13.9. The number of amides is 1. The van der Waals surface area contributed by atoms with Gasteiger partial charge in [0.05, 0.1) is 6.61 Å². The zero-order valence-electron chi connectivity index (χ0n) is 11.3. The third-order valence-corrected chi connectivity index (χ3v) is 3.12. The first-order valence-electron chi connectivity index (χ1n) is 6.43. The van der Waals surface area contributed by atoms with E-state index in [4.69, 9.17) is 10.8 Å². The number of aliphatic hydroxyl groups is 1. The van der Waals surface area contributed by atoms with Gasteiger partial charge in [0.15, 0.2) is 0 Å². The van der Waals surface area contributed by atoms with Gasteiger partial charge in [0, 0.05) is 5.69 Å². The molecule has 1 unspecified atom stereocenters. The van der Waals surface area contributed by atoms with Crippen LogP contribution in [-0.4, -0.2) is 11.0 Å². The Labute approximate surface area is 118 Å². The van der Waals surface area contributed by atoms with E-state index in [1.165, 1.54) is 0 Å². The van der Waals surface area contributed by atoms with Gasteiger partial charge in [0.2, 0.25) is 5.91 Å². The molecule has 0 radical (unpaired) electrons. The lowest BCUT2D eigenvalue weighted by molar-refractivity contribution is -0.117. The fraction of sp³-hybridized carbons (Fsp3) is 0.188. The number of nitrogens with one attached hydrogen (secondary N) is 1. The first kappa shape index (κ1) is 14.2. The van der Waals surface area contributed by atoms with E-state index in [0.29, 0.717) is 5.69 Å². The van der Waals surface area contributed by atoms with Crippen LogP contribution < -0.4 is 11.1 Å². The van der Waals surface area contributed by atoms with Gasteiger partial charge < -0.3 is 16.2 Å². The second kappa shape index (κ2) is 6.32. The lowest BCUT2D eigenvalue weighted by Crippen LogP contribution is -2.27. The molecule has 0 aliphatic rings. The molecule has 0 saturated carbocycles. The highest BCUT2D eigenvalue weighted by molar-refractivity contribution is 5.95. The molecule has 0 saturated heterocycles. The van der Waals surface area contributed by atoms with Crippen LogP contribution in [0.2, 0.25) is 0 Å². The fourth-order valence-corrected chi connectivity index (χ4v) is 1.84. The van der Waals surface area contributed by atoms with Crippen LogP contribution in [0.5, 0.6) is 0 Å². The molecule has 0 spiro atoms. The number of aliphatic hydroxyl groups excluding tert-OH is 1. The molecule has 4 N–H and O–H groups in total. The van der Waals surface area contributed by atoms with Crippen LogP contribution in [0.3, 0.4) is 0 Å². The summed E-state index contributed by atoms with van der Waals surface area (Å²) in [5, 5.41) is 11.7. The predicted molar refractivity (Wildman–Crippen MR) is 79.1 cm³/mol. The van der Waals surface area contributed by atoms with Gasteiger partial charge in [-0.25, -0.2) is 0 Å². The van der Waals surface area contributed by atoms with Crippen LogP contribution in [0.1, 0.15) is 22.7 Å². The molecule has 0 aliphatic carbocycles. The average molecular weight is 270 g/mol. The van der Waals surface area contributed by atoms with Crippen molar-refractivity contribution in [2.45, 2.75) is 19.6 Å². The van der Waals surface area contributed by atoms with Crippen molar-refractivity contribution in [2.24, 2.45) is 5.73 Å². The van der Waals surface area contributed by atoms with Gasteiger partial charge in [-0.05, 0) is 30.2 Å². The number of aryl methyl sites for hydroxylation is 1. The number of rotatable bonds is 4. The Bertz CT molecular complexity index is 576. The van der Waals surface area contributed by atoms with E-state index in [9.17, 15) is 4.79 Å². The Kier molecular flexibility index (Phi) is 4.50. The molecule has 20 heavy (non-hydrogen) atoms. The smallest absolute Gasteiger partial charge is 0.245 e. The van der Waals surface area contributed by atoms with E-state index < -0.39 is 6.04 Å². The largest absolute Gasteiger partial charge is 0.392 e. The number of carbonyl (C=O) groups is 1. The minimum absolute atomic E-state index is 0.0168. The second-order valence-electron chi connectivity index (χ2n) is 4.73. The predicted octanol–water partition coefficient (Wildman–Crippen LogP) is 2.13. The summed E-state index contributed by atoms with van der Waals surface area (Å²) in [5.41, 5.74) is 9.30. The first-order valence-corrected chi connectivity index (χ1v) is 6.43. The summed E-state index contributed by atoms with van der Waals surface area (Å²) in [6.07, 6.45) is 0. The van der Waals surface area contributed by atoms with Gasteiger partial charge in [0.1, 0.15) is 6.04 Å². The first-order chi connectivity index (χ1) is 9.60. The molecular weight excluding hydrogens is 252 g/mol. The number of benzene rings is 2. The van der Waals surface area contributed by atoms with E-state index in [2.05, 4.69) is 5.32 Å². The topological polar surface area (TPSA) is 75.4 Å². The standard InChI is InChI=1S/C16H18N2O2/c1-11-2-6-13(7-3-11)15(17)16(20)18-14-8-4-12(10-19)5-9-14/h2-9,15,19H,10,17H2,1H3,(H,18,20). The molecule has 2 aromatic carbocycles. The zero-order valence-corrected chi connectivity index (χ0v) is 11.3. The molecule has 0 bridgehead atoms. The quantitative estimate of drug-likeness (QED) is 0.796. The molecule has 2 aromatic rings. The van der Waals surface area contributed by atoms with Gasteiger partial charge in [-0.2, -0.15) is 0 Å². The maximum absolute atomic E-state index is 12.1. The van der Waals surface area contributed by atoms with Crippen LogP contribution in [0.15, 0.2) is 48.5 Å². The third kappa shape index (κ3) is 3.44. The van der Waals surface area contributed by atoms with Gasteiger partial charge in [0.25, 0.3) is 0 Å². The molecule has 0 fully saturated rings. The zero-order chi connectivity index (χ0) is 14.5. The minimum atomic E-state index is -0.701. The Morgan fingerprint density at radius 1 is 1.15 bits per heavy atom. The second-order valence-corrected chi connectivity index (χ2v) is 4.73. The van der Waals surface area contributed by atoms with Crippen molar-refractivity contribution in [1.82, 2.24) is 0 Å². The van der Waals surface area contributed by atoms with E-state index in [0.717, 1.165) is 16.7 Å². The van der Waals surface area contributed by atoms with Crippen LogP contribution in [0.4, 0.5) is 5.69 Å².